The highest BCUT2D eigenvalue weighted by atomic mass is 16.5. The van der Waals surface area contributed by atoms with Crippen LogP contribution in [0.25, 0.3) is 0 Å². The maximum atomic E-state index is 6.44. The average molecular weight is 336 g/mol. The predicted octanol–water partition coefficient (Wildman–Crippen LogP) is 3.59. The molecule has 0 fully saturated rings. The number of hydrogen-bond donors (Lipinski definition) is 0. The van der Waals surface area contributed by atoms with Crippen LogP contribution in [0.15, 0.2) is 54.6 Å². The minimum absolute atomic E-state index is 0.0174. The van der Waals surface area contributed by atoms with Crippen LogP contribution in [-0.2, 0) is 10.8 Å². The van der Waals surface area contributed by atoms with E-state index in [2.05, 4.69) is 82.3 Å². The molecule has 26 heavy (non-hydrogen) atoms. The molecule has 0 aliphatic carbocycles. The second-order valence-corrected chi connectivity index (χ2v) is 8.99. The summed E-state index contributed by atoms with van der Waals surface area (Å²) in [7, 11) is 0. The fourth-order valence-electron chi connectivity index (χ4n) is 5.76. The topological polar surface area (TPSA) is 9.23 Å². The van der Waals surface area contributed by atoms with E-state index in [9.17, 15) is 0 Å². The van der Waals surface area contributed by atoms with Gasteiger partial charge in [-0.25, -0.2) is 0 Å². The Morgan fingerprint density at radius 3 is 1.42 bits per heavy atom. The van der Waals surface area contributed by atoms with Gasteiger partial charge in [-0.2, -0.15) is 0 Å². The van der Waals surface area contributed by atoms with E-state index in [1.165, 1.54) is 38.6 Å². The van der Waals surface area contributed by atoms with Gasteiger partial charge in [-0.3, -0.25) is 0 Å². The third-order valence-corrected chi connectivity index (χ3v) is 7.02. The summed E-state index contributed by atoms with van der Waals surface area (Å²) < 4.78 is 6.44. The van der Waals surface area contributed by atoms with Gasteiger partial charge in [-0.1, -0.05) is 75.6 Å². The number of rotatable bonds is 0. The number of ether oxygens (including phenoxy) is 1. The number of benzene rings is 3. The summed E-state index contributed by atoms with van der Waals surface area (Å²) in [6, 6.07) is 20.1. The zero-order valence-corrected chi connectivity index (χ0v) is 15.7. The number of hydrogen-bond acceptors (Lipinski definition) is 1. The molecule has 0 N–H and O–H groups in total. The van der Waals surface area contributed by atoms with E-state index < -0.39 is 0 Å². The zero-order chi connectivity index (χ0) is 17.8. The maximum absolute atomic E-state index is 6.44. The Kier molecular flexibility index (Phi) is 2.40. The normalized spacial score (nSPS) is 18.8. The van der Waals surface area contributed by atoms with Gasteiger partial charge in [-0.15, -0.1) is 0 Å². The highest BCUT2D eigenvalue weighted by Crippen LogP contribution is 2.44. The fraction of sp³-hybridized carbons (Fsp3) is 0.250. The monoisotopic (exact) mass is 336 g/mol. The Morgan fingerprint density at radius 1 is 0.577 bits per heavy atom. The molecule has 0 saturated carbocycles. The van der Waals surface area contributed by atoms with Crippen molar-refractivity contribution in [3.05, 3.63) is 76.9 Å². The van der Waals surface area contributed by atoms with Crippen LogP contribution < -0.4 is 21.1 Å². The lowest BCUT2D eigenvalue weighted by Crippen LogP contribution is -2.68. The SMILES string of the molecule is CC1(C)c2cccc3c2B2c4c(cccc4C(C)(C)c4cccc1c42)O3. The smallest absolute Gasteiger partial charge is 0.252 e. The van der Waals surface area contributed by atoms with Crippen molar-refractivity contribution in [2.45, 2.75) is 38.5 Å². The quantitative estimate of drug-likeness (QED) is 0.446. The zero-order valence-electron chi connectivity index (χ0n) is 15.7. The molecule has 3 aliphatic rings. The van der Waals surface area contributed by atoms with Crippen molar-refractivity contribution >= 4 is 23.1 Å². The Bertz CT molecular complexity index is 1040. The summed E-state index contributed by atoms with van der Waals surface area (Å²) in [4.78, 5) is 0. The molecule has 1 nitrogen and oxygen atoms in total. The molecule has 3 aromatic carbocycles. The van der Waals surface area contributed by atoms with Crippen LogP contribution in [0.1, 0.15) is 49.9 Å². The molecule has 3 aliphatic heterocycles. The molecule has 0 radical (unpaired) electrons. The first-order valence-electron chi connectivity index (χ1n) is 9.51. The van der Waals surface area contributed by atoms with Crippen LogP contribution in [0.3, 0.4) is 0 Å². The lowest BCUT2D eigenvalue weighted by Gasteiger charge is -2.48. The second kappa shape index (κ2) is 4.25. The molecule has 3 heterocycles. The highest BCUT2D eigenvalue weighted by molar-refractivity contribution is 6.99. The van der Waals surface area contributed by atoms with Gasteiger partial charge in [-0.05, 0) is 45.3 Å². The molecule has 0 amide bonds. The molecule has 6 rings (SSSR count). The minimum Gasteiger partial charge on any atom is -0.458 e. The van der Waals surface area contributed by atoms with Crippen molar-refractivity contribution < 1.29 is 4.74 Å². The summed E-state index contributed by atoms with van der Waals surface area (Å²) in [6.07, 6.45) is 0. The first kappa shape index (κ1) is 14.7. The van der Waals surface area contributed by atoms with E-state index in [-0.39, 0.29) is 10.8 Å². The largest absolute Gasteiger partial charge is 0.458 e. The Morgan fingerprint density at radius 2 is 0.962 bits per heavy atom. The molecular weight excluding hydrogens is 315 g/mol. The Labute approximate surface area is 155 Å². The van der Waals surface area contributed by atoms with Crippen molar-refractivity contribution in [1.29, 1.82) is 0 Å². The highest BCUT2D eigenvalue weighted by Gasteiger charge is 2.51. The molecular formula is C24H21BO. The Hall–Kier alpha value is -2.48. The Balaban J connectivity index is 1.86. The van der Waals surface area contributed by atoms with Gasteiger partial charge in [0.05, 0.1) is 0 Å². The van der Waals surface area contributed by atoms with Crippen molar-refractivity contribution in [2.24, 2.45) is 0 Å². The van der Waals surface area contributed by atoms with E-state index >= 15 is 0 Å². The third-order valence-electron chi connectivity index (χ3n) is 7.02. The fourth-order valence-corrected chi connectivity index (χ4v) is 5.76. The summed E-state index contributed by atoms with van der Waals surface area (Å²) in [5.74, 6) is 2.07. The van der Waals surface area contributed by atoms with E-state index in [0.29, 0.717) is 6.71 Å². The van der Waals surface area contributed by atoms with E-state index in [4.69, 9.17) is 4.74 Å². The summed E-state index contributed by atoms with van der Waals surface area (Å²) in [6.45, 7) is 9.73. The lowest BCUT2D eigenvalue weighted by molar-refractivity contribution is 0.481. The van der Waals surface area contributed by atoms with Gasteiger partial charge >= 0.3 is 0 Å². The minimum atomic E-state index is -0.0174. The van der Waals surface area contributed by atoms with E-state index in [0.717, 1.165) is 11.5 Å². The third kappa shape index (κ3) is 1.43. The van der Waals surface area contributed by atoms with Gasteiger partial charge in [0.1, 0.15) is 11.5 Å². The van der Waals surface area contributed by atoms with Crippen LogP contribution >= 0.6 is 0 Å². The molecule has 0 atom stereocenters. The molecule has 0 bridgehead atoms. The van der Waals surface area contributed by atoms with Gasteiger partial charge in [0.25, 0.3) is 6.71 Å². The second-order valence-electron chi connectivity index (χ2n) is 8.99. The summed E-state index contributed by atoms with van der Waals surface area (Å²) in [5.41, 5.74) is 10.0. The standard InChI is InChI=1S/C24H21BO/c1-23(2)14-8-5-9-15-20(14)25-21-16(23)10-6-12-18(21)26-19-13-7-11-17(22(19)25)24(15,3)4/h5-13H,1-4H3. The van der Waals surface area contributed by atoms with Crippen LogP contribution in [0.2, 0.25) is 0 Å². The van der Waals surface area contributed by atoms with E-state index in [1.54, 1.807) is 0 Å². The molecule has 3 aromatic rings. The molecule has 126 valence electrons. The van der Waals surface area contributed by atoms with Crippen molar-refractivity contribution in [3.63, 3.8) is 0 Å². The van der Waals surface area contributed by atoms with E-state index in [1.807, 2.05) is 0 Å². The summed E-state index contributed by atoms with van der Waals surface area (Å²) in [5, 5.41) is 0. The van der Waals surface area contributed by atoms with Gasteiger partial charge in [0.2, 0.25) is 0 Å². The van der Waals surface area contributed by atoms with Crippen LogP contribution in [0.4, 0.5) is 0 Å². The van der Waals surface area contributed by atoms with Gasteiger partial charge < -0.3 is 4.74 Å². The lowest BCUT2D eigenvalue weighted by atomic mass is 9.26. The molecule has 0 spiro atoms. The first-order valence-corrected chi connectivity index (χ1v) is 9.51. The molecule has 2 heteroatoms. The summed E-state index contributed by atoms with van der Waals surface area (Å²) >= 11 is 0. The van der Waals surface area contributed by atoms with Crippen molar-refractivity contribution in [2.75, 3.05) is 0 Å². The van der Waals surface area contributed by atoms with Crippen molar-refractivity contribution in [1.82, 2.24) is 0 Å². The van der Waals surface area contributed by atoms with Crippen molar-refractivity contribution in [3.8, 4) is 11.5 Å². The molecule has 0 unspecified atom stereocenters. The van der Waals surface area contributed by atoms with Crippen LogP contribution in [-0.4, -0.2) is 6.71 Å². The van der Waals surface area contributed by atoms with Crippen LogP contribution in [0.5, 0.6) is 11.5 Å². The van der Waals surface area contributed by atoms with Gasteiger partial charge in [0.15, 0.2) is 0 Å². The predicted molar refractivity (Wildman–Crippen MR) is 108 cm³/mol. The molecule has 0 saturated heterocycles. The van der Waals surface area contributed by atoms with Crippen LogP contribution in [0, 0.1) is 0 Å². The molecule has 0 aromatic heterocycles. The maximum Gasteiger partial charge on any atom is 0.252 e. The van der Waals surface area contributed by atoms with Gasteiger partial charge in [0, 0.05) is 10.8 Å². The average Bonchev–Trinajstić information content (AvgIpc) is 2.63. The first-order chi connectivity index (χ1) is 12.4.